The predicted molar refractivity (Wildman–Crippen MR) is 80.3 cm³/mol. The minimum Gasteiger partial charge on any atom is -0.329 e. The van der Waals surface area contributed by atoms with Gasteiger partial charge in [0, 0.05) is 0 Å². The maximum atomic E-state index is 12.2. The molecule has 2 aromatic carbocycles. The van der Waals surface area contributed by atoms with Crippen LogP contribution in [0.15, 0.2) is 54.6 Å². The smallest absolute Gasteiger partial charge is 0.329 e. The molecule has 2 aromatic rings. The highest BCUT2D eigenvalue weighted by Gasteiger charge is 2.48. The fourth-order valence-corrected chi connectivity index (χ4v) is 2.93. The number of rotatable bonds is 3. The summed E-state index contributed by atoms with van der Waals surface area (Å²) in [5.41, 5.74) is 1.60. The number of amides is 2. The van der Waals surface area contributed by atoms with Crippen molar-refractivity contribution in [1.29, 1.82) is 0 Å². The second kappa shape index (κ2) is 5.05. The van der Waals surface area contributed by atoms with Gasteiger partial charge in [-0.2, -0.15) is 0 Å². The van der Waals surface area contributed by atoms with E-state index in [1.54, 1.807) is 24.3 Å². The fraction of sp³-hybridized carbons (Fsp3) is 0.167. The zero-order valence-electron chi connectivity index (χ0n) is 12.1. The summed E-state index contributed by atoms with van der Waals surface area (Å²) in [4.78, 5) is 41.6. The normalized spacial score (nSPS) is 22.0. The zero-order valence-corrected chi connectivity index (χ0v) is 12.1. The van der Waals surface area contributed by atoms with E-state index in [4.69, 9.17) is 4.84 Å². The standard InChI is InChI=1S/C18H13NO4/c20-16-12-8-4-5-9-13(12)17(21)19(16)23-18(22)15-10-14(15)11-6-2-1-3-7-11/h1-9,14-15H,10H2. The Hall–Kier alpha value is -2.95. The van der Waals surface area contributed by atoms with Gasteiger partial charge in [-0.05, 0) is 30.0 Å². The van der Waals surface area contributed by atoms with Crippen LogP contribution in [0.2, 0.25) is 0 Å². The topological polar surface area (TPSA) is 63.7 Å². The number of nitrogens with zero attached hydrogens (tertiary/aromatic N) is 1. The number of hydrogen-bond donors (Lipinski definition) is 0. The van der Waals surface area contributed by atoms with Crippen molar-refractivity contribution in [2.45, 2.75) is 12.3 Å². The predicted octanol–water partition coefficient (Wildman–Crippen LogP) is 2.54. The van der Waals surface area contributed by atoms with Gasteiger partial charge in [-0.15, -0.1) is 0 Å². The van der Waals surface area contributed by atoms with E-state index in [0.717, 1.165) is 5.56 Å². The third-order valence-corrected chi connectivity index (χ3v) is 4.26. The van der Waals surface area contributed by atoms with E-state index in [1.807, 2.05) is 30.3 Å². The lowest BCUT2D eigenvalue weighted by Gasteiger charge is -2.12. The Morgan fingerprint density at radius 2 is 1.48 bits per heavy atom. The third-order valence-electron chi connectivity index (χ3n) is 4.26. The molecule has 4 rings (SSSR count). The Morgan fingerprint density at radius 1 is 0.913 bits per heavy atom. The molecule has 0 saturated heterocycles. The Labute approximate surface area is 132 Å². The van der Waals surface area contributed by atoms with Crippen molar-refractivity contribution in [2.24, 2.45) is 5.92 Å². The van der Waals surface area contributed by atoms with Gasteiger partial charge in [-0.3, -0.25) is 9.59 Å². The minimum atomic E-state index is -0.587. The summed E-state index contributed by atoms with van der Waals surface area (Å²) in [6.45, 7) is 0. The Balaban J connectivity index is 1.47. The molecule has 0 aromatic heterocycles. The lowest BCUT2D eigenvalue weighted by atomic mass is 10.1. The van der Waals surface area contributed by atoms with E-state index in [-0.39, 0.29) is 23.0 Å². The molecule has 2 unspecified atom stereocenters. The van der Waals surface area contributed by atoms with E-state index in [0.29, 0.717) is 11.5 Å². The van der Waals surface area contributed by atoms with E-state index >= 15 is 0 Å². The van der Waals surface area contributed by atoms with Crippen molar-refractivity contribution in [2.75, 3.05) is 0 Å². The number of imide groups is 1. The van der Waals surface area contributed by atoms with Crippen molar-refractivity contribution in [3.8, 4) is 0 Å². The molecule has 114 valence electrons. The van der Waals surface area contributed by atoms with Crippen LogP contribution in [0.4, 0.5) is 0 Å². The lowest BCUT2D eigenvalue weighted by molar-refractivity contribution is -0.170. The van der Waals surface area contributed by atoms with Gasteiger partial charge >= 0.3 is 5.97 Å². The number of hydrogen-bond acceptors (Lipinski definition) is 4. The first-order chi connectivity index (χ1) is 11.2. The first-order valence-corrected chi connectivity index (χ1v) is 7.41. The Bertz CT molecular complexity index is 780. The first-order valence-electron chi connectivity index (χ1n) is 7.41. The van der Waals surface area contributed by atoms with Crippen molar-refractivity contribution in [1.82, 2.24) is 5.06 Å². The van der Waals surface area contributed by atoms with Crippen LogP contribution in [-0.2, 0) is 9.63 Å². The number of carbonyl (C=O) groups is 3. The highest BCUT2D eigenvalue weighted by Crippen LogP contribution is 2.48. The van der Waals surface area contributed by atoms with Gasteiger partial charge in [0.05, 0.1) is 17.0 Å². The van der Waals surface area contributed by atoms with Crippen LogP contribution < -0.4 is 0 Å². The number of fused-ring (bicyclic) bond motifs is 1. The van der Waals surface area contributed by atoms with Crippen LogP contribution in [0.3, 0.4) is 0 Å². The molecule has 1 aliphatic heterocycles. The molecule has 2 aliphatic rings. The zero-order chi connectivity index (χ0) is 16.0. The van der Waals surface area contributed by atoms with Crippen LogP contribution in [0.25, 0.3) is 0 Å². The van der Waals surface area contributed by atoms with Crippen LogP contribution in [-0.4, -0.2) is 22.8 Å². The molecule has 1 fully saturated rings. The number of hydroxylamine groups is 2. The highest BCUT2D eigenvalue weighted by atomic mass is 16.7. The van der Waals surface area contributed by atoms with Crippen molar-refractivity contribution >= 4 is 17.8 Å². The summed E-state index contributed by atoms with van der Waals surface area (Å²) in [6, 6.07) is 16.1. The van der Waals surface area contributed by atoms with Crippen molar-refractivity contribution < 1.29 is 19.2 Å². The number of benzene rings is 2. The van der Waals surface area contributed by atoms with Gasteiger partial charge in [0.2, 0.25) is 0 Å². The summed E-state index contributed by atoms with van der Waals surface area (Å²) in [5, 5.41) is 0.577. The van der Waals surface area contributed by atoms with Crippen molar-refractivity contribution in [3.63, 3.8) is 0 Å². The molecule has 5 heteroatoms. The number of carbonyl (C=O) groups excluding carboxylic acids is 3. The van der Waals surface area contributed by atoms with Gasteiger partial charge in [0.1, 0.15) is 0 Å². The molecule has 0 spiro atoms. The molecule has 1 saturated carbocycles. The van der Waals surface area contributed by atoms with Gasteiger partial charge < -0.3 is 4.84 Å². The second-order valence-electron chi connectivity index (χ2n) is 5.72. The largest absolute Gasteiger partial charge is 0.336 e. The first kappa shape index (κ1) is 13.7. The average molecular weight is 307 g/mol. The summed E-state index contributed by atoms with van der Waals surface area (Å²) in [7, 11) is 0. The molecule has 2 atom stereocenters. The van der Waals surface area contributed by atoms with E-state index in [9.17, 15) is 14.4 Å². The minimum absolute atomic E-state index is 0.0962. The Morgan fingerprint density at radius 3 is 2.09 bits per heavy atom. The molecular weight excluding hydrogens is 294 g/mol. The second-order valence-corrected chi connectivity index (χ2v) is 5.72. The van der Waals surface area contributed by atoms with Crippen molar-refractivity contribution in [3.05, 3.63) is 71.3 Å². The fourth-order valence-electron chi connectivity index (χ4n) is 2.93. The van der Waals surface area contributed by atoms with Crippen LogP contribution in [0, 0.1) is 5.92 Å². The van der Waals surface area contributed by atoms with Gasteiger partial charge in [0.15, 0.2) is 0 Å². The molecule has 2 amide bonds. The molecule has 23 heavy (non-hydrogen) atoms. The highest BCUT2D eigenvalue weighted by molar-refractivity contribution is 6.20. The third kappa shape index (κ3) is 2.21. The molecule has 0 radical (unpaired) electrons. The maximum absolute atomic E-state index is 12.2. The monoisotopic (exact) mass is 307 g/mol. The summed E-state index contributed by atoms with van der Waals surface area (Å²) in [5.74, 6) is -1.92. The van der Waals surface area contributed by atoms with E-state index < -0.39 is 17.8 Å². The van der Waals surface area contributed by atoms with Gasteiger partial charge in [-0.25, -0.2) is 4.79 Å². The Kier molecular flexibility index (Phi) is 3.01. The molecule has 1 aliphatic carbocycles. The molecule has 0 N–H and O–H groups in total. The summed E-state index contributed by atoms with van der Waals surface area (Å²) < 4.78 is 0. The average Bonchev–Trinajstić information content (AvgIpc) is 3.36. The molecule has 0 bridgehead atoms. The van der Waals surface area contributed by atoms with Crippen LogP contribution >= 0.6 is 0 Å². The molecular formula is C18H13NO4. The van der Waals surface area contributed by atoms with Gasteiger partial charge in [0.25, 0.3) is 11.8 Å². The summed E-state index contributed by atoms with van der Waals surface area (Å²) in [6.07, 6.45) is 0.673. The molecule has 1 heterocycles. The maximum Gasteiger partial charge on any atom is 0.336 e. The SMILES string of the molecule is O=C(ON1C(=O)c2ccccc2C1=O)C1CC1c1ccccc1. The van der Waals surface area contributed by atoms with E-state index in [2.05, 4.69) is 0 Å². The molecule has 5 nitrogen and oxygen atoms in total. The lowest BCUT2D eigenvalue weighted by Crippen LogP contribution is -2.33. The quantitative estimate of drug-likeness (QED) is 0.818. The van der Waals surface area contributed by atoms with E-state index in [1.165, 1.54) is 0 Å². The van der Waals surface area contributed by atoms with Crippen LogP contribution in [0.5, 0.6) is 0 Å². The summed E-state index contributed by atoms with van der Waals surface area (Å²) >= 11 is 0. The van der Waals surface area contributed by atoms with Gasteiger partial charge in [-0.1, -0.05) is 47.5 Å². The van der Waals surface area contributed by atoms with Crippen LogP contribution in [0.1, 0.15) is 38.6 Å².